The summed E-state index contributed by atoms with van der Waals surface area (Å²) in [6, 6.07) is 4.06. The number of carbonyl (C=O) groups excluding carboxylic acids is 3. The molecule has 0 fully saturated rings. The Morgan fingerprint density at radius 1 is 1.03 bits per heavy atom. The summed E-state index contributed by atoms with van der Waals surface area (Å²) in [6.45, 7) is -1.36. The van der Waals surface area contributed by atoms with Gasteiger partial charge in [-0.25, -0.2) is 9.78 Å². The number of hydrogen-bond acceptors (Lipinski definition) is 7. The third-order valence-electron chi connectivity index (χ3n) is 5.30. The van der Waals surface area contributed by atoms with Crippen molar-refractivity contribution in [3.05, 3.63) is 54.2 Å². The van der Waals surface area contributed by atoms with Crippen molar-refractivity contribution < 1.29 is 29.4 Å². The molecule has 1 aromatic carbocycles. The monoisotopic (exact) mass is 485 g/mol. The maximum Gasteiger partial charge on any atom is 0.328 e. The lowest BCUT2D eigenvalue weighted by Gasteiger charge is -2.20. The van der Waals surface area contributed by atoms with E-state index in [1.54, 1.807) is 6.20 Å². The Morgan fingerprint density at radius 3 is 2.49 bits per heavy atom. The first-order valence-electron chi connectivity index (χ1n) is 10.8. The first-order valence-corrected chi connectivity index (χ1v) is 10.8. The molecule has 3 unspecified atom stereocenters. The minimum Gasteiger partial charge on any atom is -0.480 e. The molecule has 0 aliphatic heterocycles. The minimum absolute atomic E-state index is 0.0490. The van der Waals surface area contributed by atoms with Gasteiger partial charge in [0.05, 0.1) is 25.5 Å². The average Bonchev–Trinajstić information content (AvgIpc) is 3.50. The number of fused-ring (bicyclic) bond motifs is 1. The SMILES string of the molecule is NC(Cc1c[nH]c2ccccc12)C(=O)NC(Cc1cnc[nH]1)C(=O)NCC(=O)NC(CO)C(=O)O. The fraction of sp³-hybridized carbons (Fsp3) is 0.318. The molecule has 186 valence electrons. The molecule has 13 nitrogen and oxygen atoms in total. The Hall–Kier alpha value is -4.23. The predicted octanol–water partition coefficient (Wildman–Crippen LogP) is -1.83. The summed E-state index contributed by atoms with van der Waals surface area (Å²) in [6.07, 6.45) is 4.97. The molecule has 3 rings (SSSR count). The lowest BCUT2D eigenvalue weighted by Crippen LogP contribution is -2.54. The van der Waals surface area contributed by atoms with Crippen LogP contribution in [0.2, 0.25) is 0 Å². The summed E-state index contributed by atoms with van der Waals surface area (Å²) in [5.41, 5.74) is 8.45. The second-order valence-electron chi connectivity index (χ2n) is 7.87. The summed E-state index contributed by atoms with van der Waals surface area (Å²) in [5, 5.41) is 25.9. The molecule has 2 heterocycles. The molecule has 35 heavy (non-hydrogen) atoms. The number of hydrogen-bond donors (Lipinski definition) is 8. The van der Waals surface area contributed by atoms with Crippen LogP contribution in [0.3, 0.4) is 0 Å². The van der Waals surface area contributed by atoms with Crippen LogP contribution in [0, 0.1) is 0 Å². The van der Waals surface area contributed by atoms with Crippen LogP contribution < -0.4 is 21.7 Å². The fourth-order valence-corrected chi connectivity index (χ4v) is 3.46. The Kier molecular flexibility index (Phi) is 8.53. The number of amides is 3. The standard InChI is InChI=1S/C22H27N7O6/c23-15(5-12-7-25-16-4-2-1-3-14(12)16)20(32)29-17(6-13-8-24-11-27-13)21(33)26-9-19(31)28-18(10-30)22(34)35/h1-4,7-8,11,15,17-18,25,30H,5-6,9-10,23H2,(H,24,27)(H,26,33)(H,28,31)(H,29,32)(H,34,35). The highest BCUT2D eigenvalue weighted by Gasteiger charge is 2.26. The number of benzene rings is 1. The lowest BCUT2D eigenvalue weighted by molar-refractivity contribution is -0.142. The van der Waals surface area contributed by atoms with E-state index in [1.165, 1.54) is 12.5 Å². The van der Waals surface area contributed by atoms with Crippen molar-refractivity contribution in [1.29, 1.82) is 0 Å². The molecule has 0 saturated carbocycles. The quantitative estimate of drug-likeness (QED) is 0.146. The summed E-state index contributed by atoms with van der Waals surface area (Å²) in [5.74, 6) is -3.48. The molecule has 0 bridgehead atoms. The van der Waals surface area contributed by atoms with E-state index in [9.17, 15) is 19.2 Å². The van der Waals surface area contributed by atoms with Crippen LogP contribution in [0.1, 0.15) is 11.3 Å². The number of H-pyrrole nitrogens is 2. The number of nitrogens with two attached hydrogens (primary N) is 1. The molecular weight excluding hydrogens is 458 g/mol. The van der Waals surface area contributed by atoms with Gasteiger partial charge in [0.15, 0.2) is 0 Å². The van der Waals surface area contributed by atoms with E-state index in [0.29, 0.717) is 5.69 Å². The van der Waals surface area contributed by atoms with E-state index >= 15 is 0 Å². The normalized spacial score (nSPS) is 13.5. The number of carboxylic acids is 1. The van der Waals surface area contributed by atoms with E-state index in [2.05, 4.69) is 30.9 Å². The van der Waals surface area contributed by atoms with E-state index < -0.39 is 55.0 Å². The van der Waals surface area contributed by atoms with Gasteiger partial charge in [-0.2, -0.15) is 0 Å². The molecule has 3 aromatic rings. The van der Waals surface area contributed by atoms with Crippen molar-refractivity contribution in [2.24, 2.45) is 5.73 Å². The number of imidazole rings is 1. The van der Waals surface area contributed by atoms with Gasteiger partial charge in [-0.3, -0.25) is 14.4 Å². The highest BCUT2D eigenvalue weighted by atomic mass is 16.4. The number of para-hydroxylation sites is 1. The molecule has 3 amide bonds. The van der Waals surface area contributed by atoms with Crippen molar-refractivity contribution in [2.45, 2.75) is 31.0 Å². The van der Waals surface area contributed by atoms with Crippen molar-refractivity contribution in [3.8, 4) is 0 Å². The Labute approximate surface area is 199 Å². The maximum atomic E-state index is 12.8. The van der Waals surface area contributed by atoms with Crippen molar-refractivity contribution >= 4 is 34.6 Å². The zero-order valence-corrected chi connectivity index (χ0v) is 18.7. The zero-order valence-electron chi connectivity index (χ0n) is 18.7. The number of nitrogens with zero attached hydrogens (tertiary/aromatic N) is 1. The lowest BCUT2D eigenvalue weighted by atomic mass is 10.0. The molecule has 0 saturated heterocycles. The van der Waals surface area contributed by atoms with Gasteiger partial charge in [-0.05, 0) is 18.1 Å². The first kappa shape index (κ1) is 25.4. The van der Waals surface area contributed by atoms with Crippen molar-refractivity contribution in [2.75, 3.05) is 13.2 Å². The van der Waals surface area contributed by atoms with E-state index in [4.69, 9.17) is 15.9 Å². The van der Waals surface area contributed by atoms with Crippen LogP contribution in [0.15, 0.2) is 43.0 Å². The van der Waals surface area contributed by atoms with Crippen LogP contribution in [-0.2, 0) is 32.0 Å². The molecule has 3 atom stereocenters. The Bertz CT molecular complexity index is 1180. The average molecular weight is 486 g/mol. The van der Waals surface area contributed by atoms with E-state index in [0.717, 1.165) is 16.5 Å². The molecule has 9 N–H and O–H groups in total. The second kappa shape index (κ2) is 11.8. The Morgan fingerprint density at radius 2 is 1.80 bits per heavy atom. The van der Waals surface area contributed by atoms with E-state index in [1.807, 2.05) is 24.3 Å². The number of rotatable bonds is 12. The molecule has 0 radical (unpaired) electrons. The maximum absolute atomic E-state index is 12.8. The van der Waals surface area contributed by atoms with Gasteiger partial charge in [0.1, 0.15) is 12.1 Å². The number of aromatic nitrogens is 3. The van der Waals surface area contributed by atoms with Crippen LogP contribution in [0.25, 0.3) is 10.9 Å². The van der Waals surface area contributed by atoms with Crippen LogP contribution in [-0.4, -0.2) is 80.1 Å². The van der Waals surface area contributed by atoms with Crippen LogP contribution in [0.4, 0.5) is 0 Å². The van der Waals surface area contributed by atoms with Crippen LogP contribution in [0.5, 0.6) is 0 Å². The summed E-state index contributed by atoms with van der Waals surface area (Å²) < 4.78 is 0. The van der Waals surface area contributed by atoms with Gasteiger partial charge in [-0.1, -0.05) is 18.2 Å². The van der Waals surface area contributed by atoms with Gasteiger partial charge in [0.25, 0.3) is 0 Å². The largest absolute Gasteiger partial charge is 0.480 e. The number of aliphatic carboxylic acids is 1. The van der Waals surface area contributed by atoms with Gasteiger partial charge in [0.2, 0.25) is 17.7 Å². The molecule has 0 aliphatic carbocycles. The van der Waals surface area contributed by atoms with Crippen molar-refractivity contribution in [1.82, 2.24) is 30.9 Å². The zero-order chi connectivity index (χ0) is 25.4. The molecule has 0 spiro atoms. The number of carboxylic acid groups (broad SMARTS) is 1. The number of aromatic amines is 2. The van der Waals surface area contributed by atoms with Gasteiger partial charge < -0.3 is 41.9 Å². The summed E-state index contributed by atoms with van der Waals surface area (Å²) >= 11 is 0. The van der Waals surface area contributed by atoms with Gasteiger partial charge >= 0.3 is 5.97 Å². The van der Waals surface area contributed by atoms with Crippen molar-refractivity contribution in [3.63, 3.8) is 0 Å². The van der Waals surface area contributed by atoms with Gasteiger partial charge in [0, 0.05) is 35.4 Å². The number of carbonyl (C=O) groups is 4. The first-order chi connectivity index (χ1) is 16.8. The fourth-order valence-electron chi connectivity index (χ4n) is 3.46. The topological polar surface area (TPSA) is 215 Å². The molecule has 0 aliphatic rings. The Balaban J connectivity index is 1.62. The third kappa shape index (κ3) is 6.88. The van der Waals surface area contributed by atoms with Crippen LogP contribution >= 0.6 is 0 Å². The second-order valence-corrected chi connectivity index (χ2v) is 7.87. The predicted molar refractivity (Wildman–Crippen MR) is 124 cm³/mol. The highest BCUT2D eigenvalue weighted by Crippen LogP contribution is 2.18. The summed E-state index contributed by atoms with van der Waals surface area (Å²) in [7, 11) is 0. The number of aliphatic hydroxyl groups is 1. The third-order valence-corrected chi connectivity index (χ3v) is 5.30. The smallest absolute Gasteiger partial charge is 0.328 e. The van der Waals surface area contributed by atoms with E-state index in [-0.39, 0.29) is 12.8 Å². The molecule has 13 heteroatoms. The molecular formula is C22H27N7O6. The number of aliphatic hydroxyl groups excluding tert-OH is 1. The summed E-state index contributed by atoms with van der Waals surface area (Å²) in [4.78, 5) is 58.3. The highest BCUT2D eigenvalue weighted by molar-refractivity contribution is 5.93. The van der Waals surface area contributed by atoms with Gasteiger partial charge in [-0.15, -0.1) is 0 Å². The minimum atomic E-state index is -1.50. The molecule has 2 aromatic heterocycles. The number of nitrogens with one attached hydrogen (secondary N) is 5.